The highest BCUT2D eigenvalue weighted by molar-refractivity contribution is 6.64. The Labute approximate surface area is 93.3 Å². The topological polar surface area (TPSA) is 9.23 Å². The van der Waals surface area contributed by atoms with Crippen LogP contribution in [0.1, 0.15) is 27.7 Å². The SMILES string of the molecule is CC(C)[CH2][Al]([CH2]C(C)C)[O][Al]([CH3])[CH3]. The monoisotopic (exact) mass is 214 g/mol. The van der Waals surface area contributed by atoms with Gasteiger partial charge < -0.3 is 2.84 Å². The van der Waals surface area contributed by atoms with Gasteiger partial charge in [-0.05, 0) is 0 Å². The Balaban J connectivity index is 3.87. The van der Waals surface area contributed by atoms with E-state index in [1.807, 2.05) is 0 Å². The minimum atomic E-state index is -0.846. The third kappa shape index (κ3) is 9.33. The van der Waals surface area contributed by atoms with Crippen LogP contribution in [-0.2, 0) is 2.84 Å². The molecule has 0 bridgehead atoms. The fourth-order valence-electron chi connectivity index (χ4n) is 1.64. The lowest BCUT2D eigenvalue weighted by atomic mass is 10.3. The molecule has 0 rings (SSSR count). The standard InChI is InChI=1S/2C4H9.2CH3.2Al.O/c2*1-4(2)3;;;;;/h2*4H,1H2,2-3H3;2*1H3;;;. The molecule has 0 aromatic heterocycles. The summed E-state index contributed by atoms with van der Waals surface area (Å²) in [7, 11) is 0. The van der Waals surface area contributed by atoms with Crippen LogP contribution < -0.4 is 0 Å². The summed E-state index contributed by atoms with van der Waals surface area (Å²) in [5.74, 6) is 6.23. The van der Waals surface area contributed by atoms with Crippen LogP contribution in [0.2, 0.25) is 22.1 Å². The van der Waals surface area contributed by atoms with E-state index in [1.54, 1.807) is 0 Å². The summed E-state index contributed by atoms with van der Waals surface area (Å²) in [6.07, 6.45) is 0. The van der Waals surface area contributed by atoms with Crippen molar-refractivity contribution in [2.24, 2.45) is 11.8 Å². The van der Waals surface area contributed by atoms with Crippen LogP contribution in [0.4, 0.5) is 0 Å². The van der Waals surface area contributed by atoms with Gasteiger partial charge in [-0.15, -0.1) is 0 Å². The van der Waals surface area contributed by atoms with Crippen molar-refractivity contribution in [3.63, 3.8) is 0 Å². The normalized spacial score (nSPS) is 11.1. The van der Waals surface area contributed by atoms with Crippen LogP contribution in [0.15, 0.2) is 0 Å². The average molecular weight is 214 g/mol. The predicted molar refractivity (Wildman–Crippen MR) is 63.6 cm³/mol. The van der Waals surface area contributed by atoms with E-state index >= 15 is 0 Å². The van der Waals surface area contributed by atoms with Crippen LogP contribution in [0.5, 0.6) is 0 Å². The van der Waals surface area contributed by atoms with Crippen LogP contribution in [-0.4, -0.2) is 29.0 Å². The molecule has 0 saturated heterocycles. The van der Waals surface area contributed by atoms with Crippen molar-refractivity contribution < 1.29 is 2.84 Å². The minimum Gasteiger partial charge on any atom is -0.637 e. The lowest BCUT2D eigenvalue weighted by Gasteiger charge is -2.19. The quantitative estimate of drug-likeness (QED) is 0.614. The van der Waals surface area contributed by atoms with Crippen molar-refractivity contribution in [3.05, 3.63) is 0 Å². The fraction of sp³-hybridized carbons (Fsp3) is 1.00. The molecule has 0 amide bonds. The lowest BCUT2D eigenvalue weighted by Crippen LogP contribution is -2.27. The van der Waals surface area contributed by atoms with Crippen LogP contribution in [0.3, 0.4) is 0 Å². The molecule has 3 heteroatoms. The van der Waals surface area contributed by atoms with E-state index in [0.717, 1.165) is 11.8 Å². The molecule has 0 unspecified atom stereocenters. The molecule has 0 aliphatic rings. The van der Waals surface area contributed by atoms with Gasteiger partial charge in [0.15, 0.2) is 0 Å². The molecule has 0 aromatic carbocycles. The van der Waals surface area contributed by atoms with E-state index < -0.39 is 29.0 Å². The first kappa shape index (κ1) is 14.0. The van der Waals surface area contributed by atoms with Gasteiger partial charge in [0.2, 0.25) is 0 Å². The summed E-state index contributed by atoms with van der Waals surface area (Å²) < 4.78 is 6.15. The van der Waals surface area contributed by atoms with Crippen LogP contribution in [0.25, 0.3) is 0 Å². The molecule has 0 spiro atoms. The fourth-order valence-corrected chi connectivity index (χ4v) is 7.91. The molecule has 0 saturated carbocycles. The first-order valence-corrected chi connectivity index (χ1v) is 10.5. The first-order chi connectivity index (χ1) is 5.91. The minimum absolute atomic E-state index is 0.784. The second-order valence-electron chi connectivity index (χ2n) is 5.07. The van der Waals surface area contributed by atoms with Crippen molar-refractivity contribution in [2.45, 2.75) is 49.8 Å². The molecule has 0 atom stereocenters. The van der Waals surface area contributed by atoms with E-state index in [-0.39, 0.29) is 0 Å². The van der Waals surface area contributed by atoms with E-state index in [0.29, 0.717) is 0 Å². The largest absolute Gasteiger partial charge is 0.637 e. The Bertz CT molecular complexity index is 100. The molecular weight excluding hydrogens is 190 g/mol. The smallest absolute Gasteiger partial charge is 0.430 e. The van der Waals surface area contributed by atoms with Gasteiger partial charge in [-0.3, -0.25) is 0 Å². The second kappa shape index (κ2) is 7.33. The molecule has 0 aliphatic heterocycles. The Morgan fingerprint density at radius 2 is 1.31 bits per heavy atom. The van der Waals surface area contributed by atoms with E-state index in [4.69, 9.17) is 2.84 Å². The van der Waals surface area contributed by atoms with Gasteiger partial charge in [0, 0.05) is 0 Å². The molecule has 0 aromatic rings. The van der Waals surface area contributed by atoms with Gasteiger partial charge in [0.25, 0.3) is 0 Å². The molecule has 0 N–H and O–H groups in total. The summed E-state index contributed by atoms with van der Waals surface area (Å²) in [4.78, 5) is 0. The summed E-state index contributed by atoms with van der Waals surface area (Å²) in [5.41, 5.74) is 0. The molecule has 13 heavy (non-hydrogen) atoms. The molecule has 0 fully saturated rings. The van der Waals surface area contributed by atoms with Crippen molar-refractivity contribution in [2.75, 3.05) is 0 Å². The Kier molecular flexibility index (Phi) is 7.91. The first-order valence-electron chi connectivity index (χ1n) is 5.57. The number of rotatable bonds is 6. The summed E-state index contributed by atoms with van der Waals surface area (Å²) in [6.45, 7) is 9.24. The van der Waals surface area contributed by atoms with Gasteiger partial charge in [-0.1, -0.05) is 61.7 Å². The zero-order valence-electron chi connectivity index (χ0n) is 10.1. The highest BCUT2D eigenvalue weighted by atomic mass is 27.3. The summed E-state index contributed by atoms with van der Waals surface area (Å²) >= 11 is -1.63. The Hall–Kier alpha value is 1.02. The molecular formula is C10H24Al2O. The van der Waals surface area contributed by atoms with Crippen LogP contribution >= 0.6 is 0 Å². The third-order valence-corrected chi connectivity index (χ3v) is 8.59. The van der Waals surface area contributed by atoms with Gasteiger partial charge >= 0.3 is 29.0 Å². The van der Waals surface area contributed by atoms with Crippen molar-refractivity contribution in [3.8, 4) is 0 Å². The average Bonchev–Trinajstić information content (AvgIpc) is 1.80. The van der Waals surface area contributed by atoms with Crippen molar-refractivity contribution >= 4 is 29.0 Å². The van der Waals surface area contributed by atoms with Crippen molar-refractivity contribution in [1.82, 2.24) is 0 Å². The molecule has 0 aliphatic carbocycles. The van der Waals surface area contributed by atoms with Crippen molar-refractivity contribution in [1.29, 1.82) is 0 Å². The van der Waals surface area contributed by atoms with Gasteiger partial charge in [0.05, 0.1) is 0 Å². The van der Waals surface area contributed by atoms with Gasteiger partial charge in [0.1, 0.15) is 0 Å². The predicted octanol–water partition coefficient (Wildman–Crippen LogP) is 3.56. The highest BCUT2D eigenvalue weighted by Crippen LogP contribution is 2.16. The van der Waals surface area contributed by atoms with Gasteiger partial charge in [-0.2, -0.15) is 0 Å². The summed E-state index contributed by atoms with van der Waals surface area (Å²) in [5, 5.41) is 2.73. The van der Waals surface area contributed by atoms with E-state index in [2.05, 4.69) is 39.3 Å². The maximum atomic E-state index is 6.15. The molecule has 0 radical (unpaired) electrons. The maximum absolute atomic E-state index is 6.15. The maximum Gasteiger partial charge on any atom is 0.430 e. The molecule has 0 heterocycles. The van der Waals surface area contributed by atoms with Crippen LogP contribution in [0, 0.1) is 11.8 Å². The molecule has 76 valence electrons. The van der Waals surface area contributed by atoms with Gasteiger partial charge in [-0.25, -0.2) is 0 Å². The highest BCUT2D eigenvalue weighted by Gasteiger charge is 2.24. The number of hydrogen-bond donors (Lipinski definition) is 0. The third-order valence-electron chi connectivity index (χ3n) is 1.93. The Morgan fingerprint density at radius 1 is 0.923 bits per heavy atom. The molecule has 1 nitrogen and oxygen atoms in total. The van der Waals surface area contributed by atoms with E-state index in [1.165, 1.54) is 10.6 Å². The number of hydrogen-bond acceptors (Lipinski definition) is 1. The zero-order chi connectivity index (χ0) is 10.4. The second-order valence-corrected chi connectivity index (χ2v) is 10.4. The lowest BCUT2D eigenvalue weighted by molar-refractivity contribution is 0.543. The Morgan fingerprint density at radius 3 is 1.54 bits per heavy atom. The zero-order valence-corrected chi connectivity index (χ0v) is 12.4. The summed E-state index contributed by atoms with van der Waals surface area (Å²) in [6, 6.07) is 0. The van der Waals surface area contributed by atoms with E-state index in [9.17, 15) is 0 Å².